The first-order chi connectivity index (χ1) is 8.69. The average molecular weight is 312 g/mol. The monoisotopic (exact) mass is 311 g/mol. The maximum absolute atomic E-state index is 9.73. The summed E-state index contributed by atoms with van der Waals surface area (Å²) in [5.41, 5.74) is 1.33. The van der Waals surface area contributed by atoms with Crippen LogP contribution in [-0.4, -0.2) is 17.3 Å². The second-order valence-electron chi connectivity index (χ2n) is 5.20. The molecule has 3 heteroatoms. The fourth-order valence-electron chi connectivity index (χ4n) is 2.77. The van der Waals surface area contributed by atoms with Crippen molar-refractivity contribution in [2.75, 3.05) is 0 Å². The minimum absolute atomic E-state index is 0.115. The predicted octanol–water partition coefficient (Wildman–Crippen LogP) is 3.79. The van der Waals surface area contributed by atoms with Gasteiger partial charge in [0.05, 0.1) is 6.10 Å². The van der Waals surface area contributed by atoms with Crippen LogP contribution in [0.5, 0.6) is 0 Å². The van der Waals surface area contributed by atoms with Gasteiger partial charge in [-0.1, -0.05) is 35.0 Å². The molecule has 0 spiro atoms. The Hall–Kier alpha value is -0.380. The Morgan fingerprint density at radius 3 is 2.94 bits per heavy atom. The highest BCUT2D eigenvalue weighted by Gasteiger charge is 2.22. The molecule has 0 saturated heterocycles. The summed E-state index contributed by atoms with van der Waals surface area (Å²) < 4.78 is 1.13. The molecule has 2 nitrogen and oxygen atoms in total. The topological polar surface area (TPSA) is 32.3 Å². The second-order valence-corrected chi connectivity index (χ2v) is 6.12. The first-order valence-electron chi connectivity index (χ1n) is 6.88. The molecule has 1 aromatic rings. The molecule has 1 fully saturated rings. The molecule has 2 N–H and O–H groups in total. The number of nitrogens with one attached hydrogen (secondary N) is 1. The normalized spacial score (nSPS) is 25.9. The molecule has 100 valence electrons. The third-order valence-electron chi connectivity index (χ3n) is 3.74. The Balaban J connectivity index is 2.00. The summed E-state index contributed by atoms with van der Waals surface area (Å²) in [5, 5.41) is 13.4. The zero-order valence-corrected chi connectivity index (χ0v) is 12.5. The third-order valence-corrected chi connectivity index (χ3v) is 4.24. The SMILES string of the molecule is CCC(NC1CCCC(O)C1)c1cccc(Br)c1. The predicted molar refractivity (Wildman–Crippen MR) is 78.6 cm³/mol. The van der Waals surface area contributed by atoms with Gasteiger partial charge in [0.2, 0.25) is 0 Å². The summed E-state index contributed by atoms with van der Waals surface area (Å²) in [6.45, 7) is 2.21. The number of halogens is 1. The number of hydrogen-bond donors (Lipinski definition) is 2. The average Bonchev–Trinajstić information content (AvgIpc) is 2.36. The van der Waals surface area contributed by atoms with E-state index >= 15 is 0 Å². The summed E-state index contributed by atoms with van der Waals surface area (Å²) >= 11 is 3.53. The Bertz CT molecular complexity index is 383. The Kier molecular flexibility index (Phi) is 5.22. The fourth-order valence-corrected chi connectivity index (χ4v) is 3.19. The van der Waals surface area contributed by atoms with Gasteiger partial charge < -0.3 is 10.4 Å². The van der Waals surface area contributed by atoms with Gasteiger partial charge in [-0.05, 0) is 49.8 Å². The van der Waals surface area contributed by atoms with Crippen LogP contribution in [0.4, 0.5) is 0 Å². The quantitative estimate of drug-likeness (QED) is 0.886. The number of aliphatic hydroxyl groups excluding tert-OH is 1. The Morgan fingerprint density at radius 2 is 2.28 bits per heavy atom. The number of rotatable bonds is 4. The molecule has 2 rings (SSSR count). The van der Waals surface area contributed by atoms with Crippen LogP contribution in [0.1, 0.15) is 50.6 Å². The Labute approximate surface area is 118 Å². The molecule has 0 radical (unpaired) electrons. The van der Waals surface area contributed by atoms with E-state index in [2.05, 4.69) is 52.4 Å². The van der Waals surface area contributed by atoms with Crippen LogP contribution in [0.3, 0.4) is 0 Å². The minimum Gasteiger partial charge on any atom is -0.393 e. The van der Waals surface area contributed by atoms with Gasteiger partial charge in [0.15, 0.2) is 0 Å². The van der Waals surface area contributed by atoms with Gasteiger partial charge in [-0.25, -0.2) is 0 Å². The first-order valence-corrected chi connectivity index (χ1v) is 7.68. The van der Waals surface area contributed by atoms with Crippen molar-refractivity contribution < 1.29 is 5.11 Å². The van der Waals surface area contributed by atoms with Crippen molar-refractivity contribution in [2.24, 2.45) is 0 Å². The molecular weight excluding hydrogens is 290 g/mol. The molecule has 0 aromatic heterocycles. The van der Waals surface area contributed by atoms with E-state index in [1.165, 1.54) is 12.0 Å². The van der Waals surface area contributed by atoms with E-state index in [9.17, 15) is 5.11 Å². The molecule has 0 heterocycles. The first kappa shape index (κ1) is 14.0. The largest absolute Gasteiger partial charge is 0.393 e. The van der Waals surface area contributed by atoms with E-state index < -0.39 is 0 Å². The van der Waals surface area contributed by atoms with Crippen molar-refractivity contribution in [1.82, 2.24) is 5.32 Å². The summed E-state index contributed by atoms with van der Waals surface area (Å²) in [7, 11) is 0. The highest BCUT2D eigenvalue weighted by atomic mass is 79.9. The minimum atomic E-state index is -0.115. The summed E-state index contributed by atoms with van der Waals surface area (Å²) in [4.78, 5) is 0. The highest BCUT2D eigenvalue weighted by molar-refractivity contribution is 9.10. The number of aliphatic hydroxyl groups is 1. The van der Waals surface area contributed by atoms with Gasteiger partial charge in [-0.3, -0.25) is 0 Å². The summed E-state index contributed by atoms with van der Waals surface area (Å²) in [6.07, 6.45) is 5.13. The number of hydrogen-bond acceptors (Lipinski definition) is 2. The molecule has 0 bridgehead atoms. The second kappa shape index (κ2) is 6.69. The van der Waals surface area contributed by atoms with Crippen LogP contribution < -0.4 is 5.32 Å². The zero-order chi connectivity index (χ0) is 13.0. The smallest absolute Gasteiger partial charge is 0.0555 e. The summed E-state index contributed by atoms with van der Waals surface area (Å²) in [5.74, 6) is 0. The number of benzene rings is 1. The van der Waals surface area contributed by atoms with Crippen molar-refractivity contribution >= 4 is 15.9 Å². The van der Waals surface area contributed by atoms with Crippen molar-refractivity contribution in [3.63, 3.8) is 0 Å². The lowest BCUT2D eigenvalue weighted by Crippen LogP contribution is -2.38. The van der Waals surface area contributed by atoms with E-state index in [4.69, 9.17) is 0 Å². The lowest BCUT2D eigenvalue weighted by molar-refractivity contribution is 0.108. The molecule has 1 saturated carbocycles. The lowest BCUT2D eigenvalue weighted by Gasteiger charge is -2.30. The van der Waals surface area contributed by atoms with Crippen LogP contribution in [0.25, 0.3) is 0 Å². The highest BCUT2D eigenvalue weighted by Crippen LogP contribution is 2.25. The van der Waals surface area contributed by atoms with Crippen LogP contribution in [0, 0.1) is 0 Å². The van der Waals surface area contributed by atoms with E-state index in [0.29, 0.717) is 12.1 Å². The molecule has 0 amide bonds. The van der Waals surface area contributed by atoms with Gasteiger partial charge >= 0.3 is 0 Å². The standard InChI is InChI=1S/C15H22BrNO/c1-2-15(11-5-3-6-12(16)9-11)17-13-7-4-8-14(18)10-13/h3,5-6,9,13-15,17-18H,2,4,7-8,10H2,1H3. The van der Waals surface area contributed by atoms with E-state index in [1.807, 2.05) is 0 Å². The van der Waals surface area contributed by atoms with Crippen LogP contribution in [-0.2, 0) is 0 Å². The molecule has 18 heavy (non-hydrogen) atoms. The maximum atomic E-state index is 9.73. The molecule has 3 atom stereocenters. The van der Waals surface area contributed by atoms with Gasteiger partial charge in [0.1, 0.15) is 0 Å². The molecule has 3 unspecified atom stereocenters. The van der Waals surface area contributed by atoms with Crippen molar-refractivity contribution in [1.29, 1.82) is 0 Å². The molecule has 1 aliphatic rings. The van der Waals surface area contributed by atoms with E-state index in [1.54, 1.807) is 0 Å². The van der Waals surface area contributed by atoms with Gasteiger partial charge in [-0.15, -0.1) is 0 Å². The van der Waals surface area contributed by atoms with Crippen molar-refractivity contribution in [3.05, 3.63) is 34.3 Å². The zero-order valence-electron chi connectivity index (χ0n) is 10.9. The van der Waals surface area contributed by atoms with Crippen LogP contribution >= 0.6 is 15.9 Å². The van der Waals surface area contributed by atoms with Crippen LogP contribution in [0.2, 0.25) is 0 Å². The molecule has 1 aliphatic carbocycles. The molecular formula is C15H22BrNO. The lowest BCUT2D eigenvalue weighted by atomic mass is 9.91. The van der Waals surface area contributed by atoms with Crippen molar-refractivity contribution in [3.8, 4) is 0 Å². The van der Waals surface area contributed by atoms with E-state index in [-0.39, 0.29) is 6.10 Å². The van der Waals surface area contributed by atoms with Gasteiger partial charge in [-0.2, -0.15) is 0 Å². The molecule has 0 aliphatic heterocycles. The van der Waals surface area contributed by atoms with Crippen LogP contribution in [0.15, 0.2) is 28.7 Å². The summed E-state index contributed by atoms with van der Waals surface area (Å²) in [6, 6.07) is 9.33. The molecule has 1 aromatic carbocycles. The third kappa shape index (κ3) is 3.81. The fraction of sp³-hybridized carbons (Fsp3) is 0.600. The van der Waals surface area contributed by atoms with E-state index in [0.717, 1.165) is 30.2 Å². The Morgan fingerprint density at radius 1 is 1.44 bits per heavy atom. The van der Waals surface area contributed by atoms with Gasteiger partial charge in [0, 0.05) is 16.6 Å². The maximum Gasteiger partial charge on any atom is 0.0555 e. The van der Waals surface area contributed by atoms with Gasteiger partial charge in [0.25, 0.3) is 0 Å². The van der Waals surface area contributed by atoms with Crippen molar-refractivity contribution in [2.45, 2.75) is 57.2 Å².